The lowest BCUT2D eigenvalue weighted by atomic mass is 10.1. The van der Waals surface area contributed by atoms with Gasteiger partial charge in [0.15, 0.2) is 0 Å². The molecule has 34 heavy (non-hydrogen) atoms. The molecule has 0 fully saturated rings. The van der Waals surface area contributed by atoms with Crippen LogP contribution in [0, 0.1) is 0 Å². The first kappa shape index (κ1) is 24.1. The minimum absolute atomic E-state index is 0.246. The van der Waals surface area contributed by atoms with E-state index in [9.17, 15) is 9.59 Å². The quantitative estimate of drug-likeness (QED) is 0.263. The monoisotopic (exact) mass is 516 g/mol. The standard InChI is InChI=1S/C25H19Cl3N2O4/c1-13(2)33-25(32)19-10-15(4-7-20(19)26)23-9-6-17(34-23)12-18-14(3)29-30(24(18)31)16-5-8-21(27)22(28)11-16/h4-13H,1-3H3/b18-12+. The second-order valence-electron chi connectivity index (χ2n) is 7.81. The van der Waals surface area contributed by atoms with Gasteiger partial charge in [0.25, 0.3) is 5.91 Å². The molecule has 2 heterocycles. The maximum atomic E-state index is 13.0. The number of carbonyl (C=O) groups is 2. The molecule has 0 spiro atoms. The molecule has 0 N–H and O–H groups in total. The molecule has 2 aromatic carbocycles. The first-order valence-corrected chi connectivity index (χ1v) is 11.4. The van der Waals surface area contributed by atoms with E-state index in [1.54, 1.807) is 75.4 Å². The number of ether oxygens (including phenoxy) is 1. The van der Waals surface area contributed by atoms with E-state index in [-0.39, 0.29) is 22.6 Å². The van der Waals surface area contributed by atoms with Gasteiger partial charge in [0, 0.05) is 5.56 Å². The Morgan fingerprint density at radius 1 is 1.03 bits per heavy atom. The van der Waals surface area contributed by atoms with Gasteiger partial charge in [-0.15, -0.1) is 0 Å². The summed E-state index contributed by atoms with van der Waals surface area (Å²) in [4.78, 5) is 25.3. The van der Waals surface area contributed by atoms with Crippen molar-refractivity contribution in [3.8, 4) is 11.3 Å². The fraction of sp³-hybridized carbons (Fsp3) is 0.160. The smallest absolute Gasteiger partial charge is 0.339 e. The van der Waals surface area contributed by atoms with E-state index in [1.165, 1.54) is 5.01 Å². The average Bonchev–Trinajstić information content (AvgIpc) is 3.36. The van der Waals surface area contributed by atoms with E-state index in [0.717, 1.165) is 0 Å². The van der Waals surface area contributed by atoms with Crippen molar-refractivity contribution >= 4 is 64.2 Å². The number of rotatable bonds is 5. The van der Waals surface area contributed by atoms with Gasteiger partial charge >= 0.3 is 5.97 Å². The van der Waals surface area contributed by atoms with E-state index < -0.39 is 5.97 Å². The van der Waals surface area contributed by atoms with Crippen molar-refractivity contribution in [2.45, 2.75) is 26.9 Å². The lowest BCUT2D eigenvalue weighted by molar-refractivity contribution is -0.114. The molecule has 1 aliphatic rings. The molecule has 0 saturated carbocycles. The highest BCUT2D eigenvalue weighted by Gasteiger charge is 2.29. The molecule has 1 aliphatic heterocycles. The number of hydrazone groups is 1. The van der Waals surface area contributed by atoms with Gasteiger partial charge in [0.2, 0.25) is 0 Å². The van der Waals surface area contributed by atoms with Gasteiger partial charge in [-0.2, -0.15) is 10.1 Å². The minimum Gasteiger partial charge on any atom is -0.459 e. The number of benzene rings is 2. The summed E-state index contributed by atoms with van der Waals surface area (Å²) < 4.78 is 11.2. The Morgan fingerprint density at radius 3 is 2.47 bits per heavy atom. The molecule has 0 radical (unpaired) electrons. The van der Waals surface area contributed by atoms with Gasteiger partial charge in [0.1, 0.15) is 11.5 Å². The molecule has 1 aromatic heterocycles. The predicted octanol–water partition coefficient (Wildman–Crippen LogP) is 7.28. The lowest BCUT2D eigenvalue weighted by Crippen LogP contribution is -2.21. The number of anilines is 1. The van der Waals surface area contributed by atoms with Crippen LogP contribution in [0.25, 0.3) is 17.4 Å². The Bertz CT molecular complexity index is 1360. The molecule has 6 nitrogen and oxygen atoms in total. The summed E-state index contributed by atoms with van der Waals surface area (Å²) in [7, 11) is 0. The number of nitrogens with zero attached hydrogens (tertiary/aromatic N) is 2. The average molecular weight is 518 g/mol. The van der Waals surface area contributed by atoms with Crippen molar-refractivity contribution in [2.24, 2.45) is 5.10 Å². The zero-order valence-electron chi connectivity index (χ0n) is 18.4. The molecular weight excluding hydrogens is 499 g/mol. The number of esters is 1. The second kappa shape index (κ2) is 9.66. The normalized spacial score (nSPS) is 14.8. The van der Waals surface area contributed by atoms with Crippen LogP contribution in [-0.2, 0) is 9.53 Å². The highest BCUT2D eigenvalue weighted by molar-refractivity contribution is 6.42. The largest absolute Gasteiger partial charge is 0.459 e. The van der Waals surface area contributed by atoms with E-state index in [0.29, 0.717) is 44.1 Å². The summed E-state index contributed by atoms with van der Waals surface area (Å²) in [6, 6.07) is 13.3. The third kappa shape index (κ3) is 4.89. The number of halogens is 3. The summed E-state index contributed by atoms with van der Waals surface area (Å²) in [6.07, 6.45) is 1.35. The van der Waals surface area contributed by atoms with Crippen LogP contribution in [0.2, 0.25) is 15.1 Å². The third-order valence-electron chi connectivity index (χ3n) is 4.94. The van der Waals surface area contributed by atoms with Crippen LogP contribution < -0.4 is 5.01 Å². The summed E-state index contributed by atoms with van der Waals surface area (Å²) in [5.74, 6) is 0.120. The van der Waals surface area contributed by atoms with Crippen molar-refractivity contribution < 1.29 is 18.7 Å². The van der Waals surface area contributed by atoms with Crippen molar-refractivity contribution in [1.82, 2.24) is 0 Å². The maximum absolute atomic E-state index is 13.0. The number of amides is 1. The van der Waals surface area contributed by atoms with E-state index in [1.807, 2.05) is 0 Å². The van der Waals surface area contributed by atoms with E-state index in [2.05, 4.69) is 5.10 Å². The fourth-order valence-corrected chi connectivity index (χ4v) is 3.80. The van der Waals surface area contributed by atoms with Crippen LogP contribution in [-0.4, -0.2) is 23.7 Å². The second-order valence-corrected chi connectivity index (χ2v) is 9.03. The molecule has 0 atom stereocenters. The number of hydrogen-bond acceptors (Lipinski definition) is 5. The van der Waals surface area contributed by atoms with Crippen molar-refractivity contribution in [2.75, 3.05) is 5.01 Å². The van der Waals surface area contributed by atoms with Crippen LogP contribution >= 0.6 is 34.8 Å². The Morgan fingerprint density at radius 2 is 1.76 bits per heavy atom. The van der Waals surface area contributed by atoms with Crippen molar-refractivity contribution in [3.05, 3.63) is 80.5 Å². The Kier molecular flexibility index (Phi) is 6.84. The number of hydrogen-bond donors (Lipinski definition) is 0. The fourth-order valence-electron chi connectivity index (χ4n) is 3.32. The molecular formula is C25H19Cl3N2O4. The maximum Gasteiger partial charge on any atom is 0.339 e. The zero-order chi connectivity index (χ0) is 24.6. The highest BCUT2D eigenvalue weighted by Crippen LogP contribution is 2.32. The number of carbonyl (C=O) groups excluding carboxylic acids is 2. The molecule has 3 aromatic rings. The topological polar surface area (TPSA) is 72.1 Å². The van der Waals surface area contributed by atoms with Crippen LogP contribution in [0.15, 0.2) is 63.6 Å². The minimum atomic E-state index is -0.512. The van der Waals surface area contributed by atoms with Crippen LogP contribution in [0.5, 0.6) is 0 Å². The molecule has 4 rings (SSSR count). The lowest BCUT2D eigenvalue weighted by Gasteiger charge is -2.12. The third-order valence-corrected chi connectivity index (χ3v) is 6.01. The van der Waals surface area contributed by atoms with Crippen molar-refractivity contribution in [1.29, 1.82) is 0 Å². The van der Waals surface area contributed by atoms with Gasteiger partial charge in [-0.05, 0) is 75.4 Å². The summed E-state index contributed by atoms with van der Waals surface area (Å²) in [6.45, 7) is 5.26. The van der Waals surface area contributed by atoms with Crippen LogP contribution in [0.1, 0.15) is 36.9 Å². The highest BCUT2D eigenvalue weighted by atomic mass is 35.5. The first-order valence-electron chi connectivity index (χ1n) is 10.3. The van der Waals surface area contributed by atoms with Crippen molar-refractivity contribution in [3.63, 3.8) is 0 Å². The Hall–Kier alpha value is -3.06. The van der Waals surface area contributed by atoms with Gasteiger partial charge < -0.3 is 9.15 Å². The van der Waals surface area contributed by atoms with E-state index >= 15 is 0 Å². The molecule has 1 amide bonds. The van der Waals surface area contributed by atoms with Gasteiger partial charge in [0.05, 0.1) is 43.7 Å². The van der Waals surface area contributed by atoms with Gasteiger partial charge in [-0.1, -0.05) is 34.8 Å². The zero-order valence-corrected chi connectivity index (χ0v) is 20.7. The predicted molar refractivity (Wildman–Crippen MR) is 135 cm³/mol. The number of furan rings is 1. The molecule has 0 saturated heterocycles. The molecule has 174 valence electrons. The first-order chi connectivity index (χ1) is 16.1. The summed E-state index contributed by atoms with van der Waals surface area (Å²) >= 11 is 18.2. The van der Waals surface area contributed by atoms with Crippen LogP contribution in [0.3, 0.4) is 0 Å². The van der Waals surface area contributed by atoms with Gasteiger partial charge in [-0.3, -0.25) is 4.79 Å². The Balaban J connectivity index is 1.60. The van der Waals surface area contributed by atoms with Gasteiger partial charge in [-0.25, -0.2) is 4.79 Å². The Labute approximate surface area is 211 Å². The van der Waals surface area contributed by atoms with Crippen LogP contribution in [0.4, 0.5) is 5.69 Å². The molecule has 0 unspecified atom stereocenters. The summed E-state index contributed by atoms with van der Waals surface area (Å²) in [5, 5.41) is 6.60. The van der Waals surface area contributed by atoms with E-state index in [4.69, 9.17) is 44.0 Å². The molecule has 0 aliphatic carbocycles. The summed E-state index contributed by atoms with van der Waals surface area (Å²) in [5.41, 5.74) is 2.30. The molecule has 9 heteroatoms. The molecule has 0 bridgehead atoms. The SMILES string of the molecule is CC1=NN(c2ccc(Cl)c(Cl)c2)C(=O)/C1=C/c1ccc(-c2ccc(Cl)c(C(=O)OC(C)C)c2)o1.